The Balaban J connectivity index is 2.04. The molecule has 0 aliphatic heterocycles. The zero-order valence-electron chi connectivity index (χ0n) is 13.8. The molecule has 0 radical (unpaired) electrons. The Bertz CT molecular complexity index is 880. The number of hydrogen-bond donors (Lipinski definition) is 0. The van der Waals surface area contributed by atoms with Gasteiger partial charge in [-0.2, -0.15) is 18.2 Å². The molecule has 0 spiro atoms. The number of amides is 1. The molecule has 1 aromatic heterocycles. The van der Waals surface area contributed by atoms with Crippen molar-refractivity contribution in [2.45, 2.75) is 38.5 Å². The number of benzene rings is 1. The molecule has 4 nitrogen and oxygen atoms in total. The summed E-state index contributed by atoms with van der Waals surface area (Å²) in [6.45, 7) is 3.62. The highest BCUT2D eigenvalue weighted by Crippen LogP contribution is 2.38. The second-order valence-electron chi connectivity index (χ2n) is 6.41. The van der Waals surface area contributed by atoms with E-state index in [4.69, 9.17) is 4.74 Å². The van der Waals surface area contributed by atoms with Gasteiger partial charge in [-0.15, -0.1) is 0 Å². The van der Waals surface area contributed by atoms with Gasteiger partial charge in [0, 0.05) is 11.9 Å². The average molecular weight is 350 g/mol. The van der Waals surface area contributed by atoms with Crippen molar-refractivity contribution in [3.8, 4) is 5.69 Å². The third-order valence-electron chi connectivity index (χ3n) is 4.02. The van der Waals surface area contributed by atoms with Gasteiger partial charge >= 0.3 is 12.3 Å². The van der Waals surface area contributed by atoms with Gasteiger partial charge in [-0.25, -0.2) is 4.79 Å². The van der Waals surface area contributed by atoms with Crippen LogP contribution in [0.1, 0.15) is 30.9 Å². The van der Waals surface area contributed by atoms with Crippen LogP contribution in [-0.2, 0) is 10.9 Å². The van der Waals surface area contributed by atoms with E-state index in [1.165, 1.54) is 16.7 Å². The first kappa shape index (κ1) is 17.3. The summed E-state index contributed by atoms with van der Waals surface area (Å²) in [5.41, 5.74) is 0.0607. The molecule has 0 atom stereocenters. The number of pyridine rings is 1. The molecule has 0 N–H and O–H groups in total. The summed E-state index contributed by atoms with van der Waals surface area (Å²) in [4.78, 5) is 15.9. The summed E-state index contributed by atoms with van der Waals surface area (Å²) in [6, 6.07) is 8.17. The lowest BCUT2D eigenvalue weighted by molar-refractivity contribution is -0.137. The van der Waals surface area contributed by atoms with E-state index in [1.54, 1.807) is 25.3 Å². The smallest absolute Gasteiger partial charge is 0.436 e. The van der Waals surface area contributed by atoms with Crippen LogP contribution in [0.4, 0.5) is 18.0 Å². The molecule has 1 aliphatic carbocycles. The van der Waals surface area contributed by atoms with Crippen LogP contribution in [0.5, 0.6) is 0 Å². The molecule has 25 heavy (non-hydrogen) atoms. The van der Waals surface area contributed by atoms with E-state index >= 15 is 0 Å². The summed E-state index contributed by atoms with van der Waals surface area (Å²) in [5, 5.41) is 0. The van der Waals surface area contributed by atoms with E-state index < -0.39 is 23.4 Å². The lowest BCUT2D eigenvalue weighted by Crippen LogP contribution is -2.23. The number of aryl methyl sites for hydroxylation is 1. The molecule has 1 fully saturated rings. The minimum atomic E-state index is -4.45. The van der Waals surface area contributed by atoms with Crippen LogP contribution in [-0.4, -0.2) is 16.3 Å². The minimum absolute atomic E-state index is 0.208. The van der Waals surface area contributed by atoms with Crippen molar-refractivity contribution in [2.75, 3.05) is 0 Å². The second kappa shape index (κ2) is 6.06. The first-order valence-corrected chi connectivity index (χ1v) is 7.81. The number of nitrogens with zero attached hydrogens (tertiary/aromatic N) is 2. The Morgan fingerprint density at radius 1 is 1.24 bits per heavy atom. The Hall–Kier alpha value is -2.57. The van der Waals surface area contributed by atoms with Gasteiger partial charge in [0.1, 0.15) is 11.1 Å². The fourth-order valence-electron chi connectivity index (χ4n) is 2.33. The largest absolute Gasteiger partial charge is 0.442 e. The Kier molecular flexibility index (Phi) is 4.18. The number of carbonyl (C=O) groups is 1. The molecule has 0 bridgehead atoms. The maximum atomic E-state index is 13.0. The zero-order valence-corrected chi connectivity index (χ0v) is 13.8. The Labute approximate surface area is 142 Å². The van der Waals surface area contributed by atoms with Gasteiger partial charge in [-0.3, -0.25) is 0 Å². The Morgan fingerprint density at radius 3 is 2.60 bits per heavy atom. The maximum absolute atomic E-state index is 13.0. The number of rotatable bonds is 2. The molecular weight excluding hydrogens is 333 g/mol. The molecular formula is C18H17F3N2O2. The standard InChI is InChI=1S/C18H17F3N2O2/c1-12-6-7-15(22-16(24)25-17(2)8-9-17)23(11-12)14-5-3-4-13(10-14)18(19,20)21/h3-7,10-11H,8-9H2,1-2H3/b22-15+. The number of ether oxygens (including phenoxy) is 1. The normalized spacial score (nSPS) is 16.6. The van der Waals surface area contributed by atoms with E-state index in [0.29, 0.717) is 0 Å². The van der Waals surface area contributed by atoms with Crippen molar-refractivity contribution >= 4 is 6.09 Å². The Morgan fingerprint density at radius 2 is 1.96 bits per heavy atom. The van der Waals surface area contributed by atoms with Crippen molar-refractivity contribution in [3.63, 3.8) is 0 Å². The van der Waals surface area contributed by atoms with Crippen molar-refractivity contribution in [1.29, 1.82) is 0 Å². The highest BCUT2D eigenvalue weighted by Gasteiger charge is 2.41. The molecule has 1 saturated carbocycles. The number of halogens is 3. The van der Waals surface area contributed by atoms with Crippen molar-refractivity contribution in [3.05, 3.63) is 59.2 Å². The van der Waals surface area contributed by atoms with Crippen LogP contribution in [0.3, 0.4) is 0 Å². The lowest BCUT2D eigenvalue weighted by Gasteiger charge is -2.13. The van der Waals surface area contributed by atoms with Crippen LogP contribution in [0.25, 0.3) is 5.69 Å². The maximum Gasteiger partial charge on any atom is 0.436 e. The van der Waals surface area contributed by atoms with Gasteiger partial charge in [0.2, 0.25) is 0 Å². The lowest BCUT2D eigenvalue weighted by atomic mass is 10.2. The predicted molar refractivity (Wildman–Crippen MR) is 85.2 cm³/mol. The summed E-state index contributed by atoms with van der Waals surface area (Å²) >= 11 is 0. The van der Waals surface area contributed by atoms with Crippen LogP contribution in [0, 0.1) is 6.92 Å². The van der Waals surface area contributed by atoms with E-state index in [9.17, 15) is 18.0 Å². The second-order valence-corrected chi connectivity index (χ2v) is 6.41. The van der Waals surface area contributed by atoms with Crippen LogP contribution in [0.2, 0.25) is 0 Å². The number of aromatic nitrogens is 1. The SMILES string of the molecule is Cc1cc/c(=N\C(=O)OC2(C)CC2)n(-c2cccc(C(F)(F)F)c2)c1. The topological polar surface area (TPSA) is 43.6 Å². The first-order valence-electron chi connectivity index (χ1n) is 7.81. The molecule has 1 amide bonds. The van der Waals surface area contributed by atoms with Crippen LogP contribution >= 0.6 is 0 Å². The van der Waals surface area contributed by atoms with Crippen molar-refractivity contribution < 1.29 is 22.7 Å². The van der Waals surface area contributed by atoms with Crippen LogP contribution < -0.4 is 5.49 Å². The monoisotopic (exact) mass is 350 g/mol. The highest BCUT2D eigenvalue weighted by molar-refractivity contribution is 5.69. The van der Waals surface area contributed by atoms with E-state index in [0.717, 1.165) is 30.5 Å². The predicted octanol–water partition coefficient (Wildman–Crippen LogP) is 4.39. The van der Waals surface area contributed by atoms with Gasteiger partial charge in [0.15, 0.2) is 0 Å². The average Bonchev–Trinajstić information content (AvgIpc) is 3.25. The van der Waals surface area contributed by atoms with Crippen LogP contribution in [0.15, 0.2) is 47.6 Å². The van der Waals surface area contributed by atoms with Gasteiger partial charge < -0.3 is 9.30 Å². The molecule has 1 aliphatic rings. The molecule has 7 heteroatoms. The fraction of sp³-hybridized carbons (Fsp3) is 0.333. The van der Waals surface area contributed by atoms with E-state index in [-0.39, 0.29) is 11.2 Å². The number of carbonyl (C=O) groups excluding carboxylic acids is 1. The molecule has 1 aromatic carbocycles. The third-order valence-corrected chi connectivity index (χ3v) is 4.02. The molecule has 0 saturated heterocycles. The van der Waals surface area contributed by atoms with Gasteiger partial charge in [-0.1, -0.05) is 12.1 Å². The third kappa shape index (κ3) is 4.10. The summed E-state index contributed by atoms with van der Waals surface area (Å²) in [7, 11) is 0. The number of alkyl halides is 3. The van der Waals surface area contributed by atoms with E-state index in [2.05, 4.69) is 4.99 Å². The fourth-order valence-corrected chi connectivity index (χ4v) is 2.33. The van der Waals surface area contributed by atoms with Gasteiger partial charge in [-0.05, 0) is 56.5 Å². The summed E-state index contributed by atoms with van der Waals surface area (Å²) < 4.78 is 45.6. The summed E-state index contributed by atoms with van der Waals surface area (Å²) in [5.74, 6) is 0. The van der Waals surface area contributed by atoms with E-state index in [1.807, 2.05) is 6.92 Å². The quantitative estimate of drug-likeness (QED) is 0.806. The zero-order chi connectivity index (χ0) is 18.2. The van der Waals surface area contributed by atoms with Crippen molar-refractivity contribution in [1.82, 2.24) is 4.57 Å². The van der Waals surface area contributed by atoms with Gasteiger partial charge in [0.25, 0.3) is 0 Å². The highest BCUT2D eigenvalue weighted by atomic mass is 19.4. The minimum Gasteiger partial charge on any atom is -0.442 e. The molecule has 132 valence electrons. The van der Waals surface area contributed by atoms with Crippen molar-refractivity contribution in [2.24, 2.45) is 4.99 Å². The number of hydrogen-bond acceptors (Lipinski definition) is 2. The first-order chi connectivity index (χ1) is 11.7. The molecule has 1 heterocycles. The van der Waals surface area contributed by atoms with Gasteiger partial charge in [0.05, 0.1) is 5.56 Å². The molecule has 2 aromatic rings. The molecule has 0 unspecified atom stereocenters. The molecule has 3 rings (SSSR count). The summed E-state index contributed by atoms with van der Waals surface area (Å²) in [6.07, 6.45) is -1.99.